The second kappa shape index (κ2) is 6.43. The van der Waals surface area contributed by atoms with Crippen molar-refractivity contribution in [1.29, 1.82) is 0 Å². The van der Waals surface area contributed by atoms with Gasteiger partial charge in [-0.15, -0.1) is 0 Å². The predicted molar refractivity (Wildman–Crippen MR) is 88.6 cm³/mol. The Morgan fingerprint density at radius 2 is 1.86 bits per heavy atom. The molecule has 0 radical (unpaired) electrons. The van der Waals surface area contributed by atoms with Gasteiger partial charge in [-0.1, -0.05) is 27.5 Å². The zero-order chi connectivity index (χ0) is 15.6. The molecule has 4 N–H and O–H groups in total. The van der Waals surface area contributed by atoms with Crippen LogP contribution in [0.1, 0.15) is 21.5 Å². The molecule has 0 bridgehead atoms. The van der Waals surface area contributed by atoms with Crippen LogP contribution in [0.25, 0.3) is 0 Å². The highest BCUT2D eigenvalue weighted by Gasteiger charge is 2.11. The molecule has 1 heterocycles. The number of nitrogens with two attached hydrogens (primary N) is 1. The summed E-state index contributed by atoms with van der Waals surface area (Å²) in [5.41, 5.74) is 5.55. The molecule has 1 amide bonds. The van der Waals surface area contributed by atoms with Crippen LogP contribution in [0.3, 0.4) is 0 Å². The summed E-state index contributed by atoms with van der Waals surface area (Å²) in [6.45, 7) is 3.93. The van der Waals surface area contributed by atoms with Crippen molar-refractivity contribution in [2.75, 3.05) is 10.7 Å². The molecule has 0 spiro atoms. The highest BCUT2D eigenvalue weighted by Crippen LogP contribution is 2.25. The second-order valence-electron chi connectivity index (χ2n) is 4.59. The van der Waals surface area contributed by atoms with Gasteiger partial charge in [0.25, 0.3) is 5.91 Å². The third-order valence-electron chi connectivity index (χ3n) is 2.90. The minimum absolute atomic E-state index is 0.193. The van der Waals surface area contributed by atoms with Crippen molar-refractivity contribution in [3.8, 4) is 0 Å². The molecule has 110 valence electrons. The van der Waals surface area contributed by atoms with E-state index >= 15 is 0 Å². The van der Waals surface area contributed by atoms with Crippen molar-refractivity contribution >= 4 is 44.9 Å². The van der Waals surface area contributed by atoms with Gasteiger partial charge in [0.05, 0.1) is 0 Å². The van der Waals surface area contributed by atoms with Gasteiger partial charge in [-0.3, -0.25) is 4.79 Å². The van der Waals surface area contributed by atoms with Crippen LogP contribution in [0.15, 0.2) is 28.7 Å². The van der Waals surface area contributed by atoms with E-state index in [1.165, 1.54) is 12.1 Å². The number of aromatic nitrogens is 1. The first-order valence-corrected chi connectivity index (χ1v) is 7.30. The first-order chi connectivity index (χ1) is 9.90. The third kappa shape index (κ3) is 3.72. The van der Waals surface area contributed by atoms with Gasteiger partial charge in [0, 0.05) is 15.7 Å². The Bertz CT molecular complexity index is 682. The maximum absolute atomic E-state index is 12.3. The molecule has 0 unspecified atom stereocenters. The summed E-state index contributed by atoms with van der Waals surface area (Å²) in [5, 5.41) is 3.02. The molecule has 0 saturated heterocycles. The summed E-state index contributed by atoms with van der Waals surface area (Å²) in [7, 11) is 0. The maximum atomic E-state index is 12.3. The molecule has 7 heteroatoms. The number of pyridine rings is 1. The van der Waals surface area contributed by atoms with Gasteiger partial charge in [0.1, 0.15) is 11.0 Å². The van der Waals surface area contributed by atoms with E-state index in [4.69, 9.17) is 17.4 Å². The van der Waals surface area contributed by atoms with Crippen LogP contribution in [-0.2, 0) is 0 Å². The van der Waals surface area contributed by atoms with Crippen LogP contribution in [0, 0.1) is 13.8 Å². The summed E-state index contributed by atoms with van der Waals surface area (Å²) < 4.78 is 1.03. The van der Waals surface area contributed by atoms with Crippen LogP contribution < -0.4 is 16.6 Å². The molecule has 0 aliphatic carbocycles. The number of benzene rings is 1. The van der Waals surface area contributed by atoms with Crippen LogP contribution >= 0.6 is 27.5 Å². The van der Waals surface area contributed by atoms with E-state index in [2.05, 4.69) is 31.7 Å². The Hall–Kier alpha value is -1.63. The summed E-state index contributed by atoms with van der Waals surface area (Å²) in [4.78, 5) is 16.2. The van der Waals surface area contributed by atoms with Gasteiger partial charge < -0.3 is 10.7 Å². The molecule has 2 rings (SSSR count). The first-order valence-electron chi connectivity index (χ1n) is 6.13. The fraction of sp³-hybridized carbons (Fsp3) is 0.143. The number of halogens is 2. The van der Waals surface area contributed by atoms with Crippen molar-refractivity contribution in [3.63, 3.8) is 0 Å². The summed E-state index contributed by atoms with van der Waals surface area (Å²) in [6.07, 6.45) is 0. The van der Waals surface area contributed by atoms with Gasteiger partial charge in [-0.25, -0.2) is 10.8 Å². The standard InChI is InChI=1S/C14H14BrClN4O/c1-7-3-10(4-8(2)13(7)15)18-14(21)9-5-11(16)19-12(6-9)20-17/h3-6H,17H2,1-2H3,(H,18,21)(H,19,20). The van der Waals surface area contributed by atoms with Crippen molar-refractivity contribution in [3.05, 3.63) is 50.6 Å². The zero-order valence-corrected chi connectivity index (χ0v) is 13.8. The van der Waals surface area contributed by atoms with Gasteiger partial charge >= 0.3 is 0 Å². The van der Waals surface area contributed by atoms with E-state index < -0.39 is 0 Å². The smallest absolute Gasteiger partial charge is 0.255 e. The molecule has 0 saturated carbocycles. The van der Waals surface area contributed by atoms with Crippen molar-refractivity contribution in [2.45, 2.75) is 13.8 Å². The minimum Gasteiger partial charge on any atom is -0.322 e. The first kappa shape index (κ1) is 15.8. The van der Waals surface area contributed by atoms with Gasteiger partial charge in [-0.05, 0) is 49.2 Å². The molecule has 21 heavy (non-hydrogen) atoms. The molecule has 0 aliphatic heterocycles. The lowest BCUT2D eigenvalue weighted by Crippen LogP contribution is -2.15. The Morgan fingerprint density at radius 3 is 2.43 bits per heavy atom. The lowest BCUT2D eigenvalue weighted by molar-refractivity contribution is 0.102. The van der Waals surface area contributed by atoms with Crippen molar-refractivity contribution in [2.24, 2.45) is 5.84 Å². The molecule has 1 aromatic carbocycles. The molecule has 1 aromatic heterocycles. The summed E-state index contributed by atoms with van der Waals surface area (Å²) >= 11 is 9.35. The van der Waals surface area contributed by atoms with E-state index in [1.807, 2.05) is 26.0 Å². The summed E-state index contributed by atoms with van der Waals surface area (Å²) in [6, 6.07) is 6.79. The average molecular weight is 370 g/mol. The fourth-order valence-electron chi connectivity index (χ4n) is 1.92. The molecular weight excluding hydrogens is 356 g/mol. The van der Waals surface area contributed by atoms with Crippen LogP contribution in [0.4, 0.5) is 11.5 Å². The number of nitrogens with zero attached hydrogens (tertiary/aromatic N) is 1. The number of aryl methyl sites for hydroxylation is 2. The molecule has 0 atom stereocenters. The number of nitrogen functional groups attached to an aromatic ring is 1. The van der Waals surface area contributed by atoms with Crippen molar-refractivity contribution < 1.29 is 4.79 Å². The Labute approximate surface area is 136 Å². The zero-order valence-electron chi connectivity index (χ0n) is 11.5. The number of nitrogens with one attached hydrogen (secondary N) is 2. The SMILES string of the molecule is Cc1cc(NC(=O)c2cc(Cl)nc(NN)c2)cc(C)c1Br. The lowest BCUT2D eigenvalue weighted by Gasteiger charge is -2.10. The highest BCUT2D eigenvalue weighted by molar-refractivity contribution is 9.10. The van der Waals surface area contributed by atoms with E-state index in [9.17, 15) is 4.79 Å². The largest absolute Gasteiger partial charge is 0.322 e. The number of anilines is 2. The number of carbonyl (C=O) groups excluding carboxylic acids is 1. The molecule has 2 aromatic rings. The molecule has 0 aliphatic rings. The van der Waals surface area contributed by atoms with Crippen molar-refractivity contribution in [1.82, 2.24) is 4.98 Å². The predicted octanol–water partition coefficient (Wildman–Crippen LogP) is 3.65. The van der Waals surface area contributed by atoms with E-state index in [0.29, 0.717) is 17.1 Å². The number of amides is 1. The number of carbonyl (C=O) groups is 1. The molecule has 5 nitrogen and oxygen atoms in total. The maximum Gasteiger partial charge on any atom is 0.255 e. The average Bonchev–Trinajstić information content (AvgIpc) is 2.43. The lowest BCUT2D eigenvalue weighted by atomic mass is 10.1. The Kier molecular flexibility index (Phi) is 4.82. The minimum atomic E-state index is -0.281. The van der Waals surface area contributed by atoms with Crippen LogP contribution in [0.5, 0.6) is 0 Å². The third-order valence-corrected chi connectivity index (χ3v) is 4.34. The molecular formula is C14H14BrClN4O. The Balaban J connectivity index is 2.28. The monoisotopic (exact) mass is 368 g/mol. The van der Waals surface area contributed by atoms with E-state index in [1.54, 1.807) is 0 Å². The number of hydrazine groups is 1. The fourth-order valence-corrected chi connectivity index (χ4v) is 2.36. The van der Waals surface area contributed by atoms with E-state index in [0.717, 1.165) is 15.6 Å². The highest BCUT2D eigenvalue weighted by atomic mass is 79.9. The number of hydrogen-bond acceptors (Lipinski definition) is 4. The van der Waals surface area contributed by atoms with Gasteiger partial charge in [-0.2, -0.15) is 0 Å². The van der Waals surface area contributed by atoms with Gasteiger partial charge in [0.15, 0.2) is 0 Å². The number of hydrogen-bond donors (Lipinski definition) is 3. The summed E-state index contributed by atoms with van der Waals surface area (Å²) in [5.74, 6) is 5.34. The van der Waals surface area contributed by atoms with Crippen LogP contribution in [0.2, 0.25) is 5.15 Å². The second-order valence-corrected chi connectivity index (χ2v) is 5.77. The van der Waals surface area contributed by atoms with E-state index in [-0.39, 0.29) is 11.1 Å². The van der Waals surface area contributed by atoms with Gasteiger partial charge in [0.2, 0.25) is 0 Å². The topological polar surface area (TPSA) is 80.0 Å². The number of rotatable bonds is 3. The Morgan fingerprint density at radius 1 is 1.24 bits per heavy atom. The quantitative estimate of drug-likeness (QED) is 0.438. The molecule has 0 fully saturated rings. The normalized spacial score (nSPS) is 10.3. The van der Waals surface area contributed by atoms with Crippen LogP contribution in [-0.4, -0.2) is 10.9 Å².